The van der Waals surface area contributed by atoms with Gasteiger partial charge in [0.25, 0.3) is 0 Å². The first-order chi connectivity index (χ1) is 13.2. The van der Waals surface area contributed by atoms with Crippen LogP contribution in [0, 0.1) is 23.2 Å². The Morgan fingerprint density at radius 1 is 1.07 bits per heavy atom. The van der Waals surface area contributed by atoms with Crippen LogP contribution in [0.15, 0.2) is 30.3 Å². The molecular formula is C20H27N3O5. The highest BCUT2D eigenvalue weighted by atomic mass is 16.5. The lowest BCUT2D eigenvalue weighted by Gasteiger charge is -2.23. The second-order valence-electron chi connectivity index (χ2n) is 7.05. The second-order valence-corrected chi connectivity index (χ2v) is 7.05. The Morgan fingerprint density at radius 2 is 1.71 bits per heavy atom. The topological polar surface area (TPSA) is 129 Å². The predicted molar refractivity (Wildman–Crippen MR) is 102 cm³/mol. The number of carboxylic acids is 1. The largest absolute Gasteiger partial charge is 0.480 e. The number of nitriles is 1. The highest BCUT2D eigenvalue weighted by molar-refractivity contribution is 5.89. The Balaban J connectivity index is 2.71. The summed E-state index contributed by atoms with van der Waals surface area (Å²) in [6.07, 6.45) is -0.474. The maximum atomic E-state index is 12.5. The first-order valence-corrected chi connectivity index (χ1v) is 9.13. The van der Waals surface area contributed by atoms with Crippen molar-refractivity contribution >= 4 is 18.0 Å². The number of nitrogens with one attached hydrogen (secondary N) is 2. The van der Waals surface area contributed by atoms with Crippen molar-refractivity contribution in [1.82, 2.24) is 10.6 Å². The lowest BCUT2D eigenvalue weighted by molar-refractivity contribution is -0.142. The number of hydrogen-bond donors (Lipinski definition) is 3. The van der Waals surface area contributed by atoms with E-state index in [2.05, 4.69) is 10.6 Å². The normalized spacial score (nSPS) is 13.7. The molecule has 0 aliphatic rings. The van der Waals surface area contributed by atoms with E-state index in [0.717, 1.165) is 5.56 Å². The number of amides is 2. The number of carbonyl (C=O) groups is 3. The number of benzene rings is 1. The summed E-state index contributed by atoms with van der Waals surface area (Å²) in [6.45, 7) is 5.39. The molecule has 1 rings (SSSR count). The minimum absolute atomic E-state index is 0.0234. The molecule has 0 heterocycles. The highest BCUT2D eigenvalue weighted by Crippen LogP contribution is 2.09. The zero-order valence-electron chi connectivity index (χ0n) is 16.3. The zero-order valence-corrected chi connectivity index (χ0v) is 16.3. The molecule has 0 fully saturated rings. The van der Waals surface area contributed by atoms with Crippen LogP contribution in [-0.2, 0) is 20.9 Å². The van der Waals surface area contributed by atoms with Gasteiger partial charge in [0.2, 0.25) is 5.91 Å². The summed E-state index contributed by atoms with van der Waals surface area (Å²) < 4.78 is 5.14. The van der Waals surface area contributed by atoms with Crippen LogP contribution in [0.1, 0.15) is 39.2 Å². The fourth-order valence-corrected chi connectivity index (χ4v) is 2.51. The molecule has 0 saturated carbocycles. The lowest BCUT2D eigenvalue weighted by atomic mass is 10.0. The number of alkyl carbamates (subject to hydrolysis) is 1. The minimum Gasteiger partial charge on any atom is -0.480 e. The average Bonchev–Trinajstić information content (AvgIpc) is 2.65. The molecule has 3 N–H and O–H groups in total. The molecule has 0 aromatic heterocycles. The van der Waals surface area contributed by atoms with Gasteiger partial charge in [-0.1, -0.05) is 44.2 Å². The summed E-state index contributed by atoms with van der Waals surface area (Å²) in [5.74, 6) is -2.31. The van der Waals surface area contributed by atoms with Crippen molar-refractivity contribution in [3.63, 3.8) is 0 Å². The molecule has 0 spiro atoms. The summed E-state index contributed by atoms with van der Waals surface area (Å²) in [5.41, 5.74) is 0.805. The van der Waals surface area contributed by atoms with Crippen molar-refractivity contribution in [2.45, 2.75) is 52.3 Å². The SMILES string of the molecule is CC(C)C[C@H](NC(=O)OCc1ccccc1)C(=O)N[C@@H](C[C@H](C)C#N)C(=O)O. The van der Waals surface area contributed by atoms with Gasteiger partial charge in [0.05, 0.1) is 6.07 Å². The number of rotatable bonds is 10. The van der Waals surface area contributed by atoms with Crippen LogP contribution in [0.3, 0.4) is 0 Å². The summed E-state index contributed by atoms with van der Waals surface area (Å²) in [7, 11) is 0. The van der Waals surface area contributed by atoms with Crippen LogP contribution in [0.25, 0.3) is 0 Å². The lowest BCUT2D eigenvalue weighted by Crippen LogP contribution is -2.52. The fraction of sp³-hybridized carbons (Fsp3) is 0.500. The van der Waals surface area contributed by atoms with Gasteiger partial charge >= 0.3 is 12.1 Å². The molecular weight excluding hydrogens is 362 g/mol. The van der Waals surface area contributed by atoms with E-state index in [1.165, 1.54) is 0 Å². The van der Waals surface area contributed by atoms with E-state index in [0.29, 0.717) is 6.42 Å². The molecule has 0 saturated heterocycles. The number of carbonyl (C=O) groups excluding carboxylic acids is 2. The van der Waals surface area contributed by atoms with E-state index < -0.39 is 36.0 Å². The first-order valence-electron chi connectivity index (χ1n) is 9.13. The summed E-state index contributed by atoms with van der Waals surface area (Å²) >= 11 is 0. The third-order valence-corrected chi connectivity index (χ3v) is 3.95. The van der Waals surface area contributed by atoms with Gasteiger partial charge in [-0.05, 0) is 31.2 Å². The van der Waals surface area contributed by atoms with E-state index in [4.69, 9.17) is 10.00 Å². The fourth-order valence-electron chi connectivity index (χ4n) is 2.51. The molecule has 0 bridgehead atoms. The number of carboxylic acid groups (broad SMARTS) is 1. The summed E-state index contributed by atoms with van der Waals surface area (Å²) in [4.78, 5) is 36.0. The Labute approximate surface area is 164 Å². The number of hydrogen-bond acceptors (Lipinski definition) is 5. The van der Waals surface area contributed by atoms with Gasteiger partial charge in [-0.25, -0.2) is 9.59 Å². The van der Waals surface area contributed by atoms with Crippen LogP contribution < -0.4 is 10.6 Å². The molecule has 0 radical (unpaired) electrons. The van der Waals surface area contributed by atoms with Crippen molar-refractivity contribution in [3.8, 4) is 6.07 Å². The van der Waals surface area contributed by atoms with Gasteiger partial charge in [-0.2, -0.15) is 5.26 Å². The van der Waals surface area contributed by atoms with Crippen molar-refractivity contribution in [1.29, 1.82) is 5.26 Å². The van der Waals surface area contributed by atoms with Gasteiger partial charge in [-0.15, -0.1) is 0 Å². The van der Waals surface area contributed by atoms with Crippen molar-refractivity contribution in [3.05, 3.63) is 35.9 Å². The molecule has 0 unspecified atom stereocenters. The smallest absolute Gasteiger partial charge is 0.408 e. The quantitative estimate of drug-likeness (QED) is 0.564. The molecule has 28 heavy (non-hydrogen) atoms. The molecule has 2 amide bonds. The molecule has 3 atom stereocenters. The summed E-state index contributed by atoms with van der Waals surface area (Å²) in [6, 6.07) is 8.89. The third kappa shape index (κ3) is 8.54. The van der Waals surface area contributed by atoms with Crippen molar-refractivity contribution in [2.24, 2.45) is 11.8 Å². The van der Waals surface area contributed by atoms with Crippen LogP contribution in [0.4, 0.5) is 4.79 Å². The van der Waals surface area contributed by atoms with Gasteiger partial charge in [0.1, 0.15) is 18.7 Å². The number of aliphatic carboxylic acids is 1. The van der Waals surface area contributed by atoms with E-state index in [1.54, 1.807) is 19.1 Å². The van der Waals surface area contributed by atoms with Crippen LogP contribution in [0.2, 0.25) is 0 Å². The number of nitrogens with zero attached hydrogens (tertiary/aromatic N) is 1. The van der Waals surface area contributed by atoms with E-state index >= 15 is 0 Å². The molecule has 1 aromatic rings. The maximum absolute atomic E-state index is 12.5. The van der Waals surface area contributed by atoms with Crippen molar-refractivity contribution in [2.75, 3.05) is 0 Å². The molecule has 8 nitrogen and oxygen atoms in total. The van der Waals surface area contributed by atoms with E-state index in [-0.39, 0.29) is 18.9 Å². The van der Waals surface area contributed by atoms with E-state index in [9.17, 15) is 19.5 Å². The zero-order chi connectivity index (χ0) is 21.1. The maximum Gasteiger partial charge on any atom is 0.408 e. The average molecular weight is 389 g/mol. The second kappa shape index (κ2) is 11.6. The Bertz CT molecular complexity index is 700. The van der Waals surface area contributed by atoms with Gasteiger partial charge in [-0.3, -0.25) is 4.79 Å². The van der Waals surface area contributed by atoms with Crippen LogP contribution in [-0.4, -0.2) is 35.2 Å². The predicted octanol–water partition coefficient (Wildman–Crippen LogP) is 2.45. The molecule has 152 valence electrons. The monoisotopic (exact) mass is 389 g/mol. The molecule has 0 aliphatic carbocycles. The van der Waals surface area contributed by atoms with Crippen LogP contribution in [0.5, 0.6) is 0 Å². The highest BCUT2D eigenvalue weighted by Gasteiger charge is 2.28. The van der Waals surface area contributed by atoms with Crippen LogP contribution >= 0.6 is 0 Å². The molecule has 1 aromatic carbocycles. The Hall–Kier alpha value is -3.08. The molecule has 8 heteroatoms. The van der Waals surface area contributed by atoms with Crippen molar-refractivity contribution < 1.29 is 24.2 Å². The number of ether oxygens (including phenoxy) is 1. The minimum atomic E-state index is -1.23. The van der Waals surface area contributed by atoms with Gasteiger partial charge in [0.15, 0.2) is 0 Å². The van der Waals surface area contributed by atoms with Gasteiger partial charge < -0.3 is 20.5 Å². The molecule has 0 aliphatic heterocycles. The first kappa shape index (κ1) is 23.0. The summed E-state index contributed by atoms with van der Waals surface area (Å²) in [5, 5.41) is 23.1. The third-order valence-electron chi connectivity index (χ3n) is 3.95. The Kier molecular flexibility index (Phi) is 9.51. The Morgan fingerprint density at radius 3 is 2.25 bits per heavy atom. The standard InChI is InChI=1S/C20H27N3O5/c1-13(2)9-16(18(24)22-17(19(25)26)10-14(3)11-21)23-20(27)28-12-15-7-5-4-6-8-15/h4-8,13-14,16-17H,9-10,12H2,1-3H3,(H,22,24)(H,23,27)(H,25,26)/t14-,16-,17-/m0/s1. The van der Waals surface area contributed by atoms with E-state index in [1.807, 2.05) is 38.1 Å². The van der Waals surface area contributed by atoms with Gasteiger partial charge in [0, 0.05) is 5.92 Å².